The lowest BCUT2D eigenvalue weighted by molar-refractivity contribution is 0.459. The molecule has 1 nitrogen and oxygen atoms in total. The second kappa shape index (κ2) is 3.58. The van der Waals surface area contributed by atoms with Crippen LogP contribution in [0.1, 0.15) is 0 Å². The normalized spacial score (nSPS) is 24.0. The van der Waals surface area contributed by atoms with Gasteiger partial charge in [0.05, 0.1) is 0 Å². The topological polar surface area (TPSA) is 26.0 Å². The fraction of sp³-hybridized carbons (Fsp3) is 0.250. The number of halogens is 3. The highest BCUT2D eigenvalue weighted by molar-refractivity contribution is 5.36. The zero-order valence-corrected chi connectivity index (χ0v) is 6.23. The van der Waals surface area contributed by atoms with Gasteiger partial charge in [0.25, 0.3) is 0 Å². The van der Waals surface area contributed by atoms with E-state index in [2.05, 4.69) is 0 Å². The molecule has 1 aliphatic carbocycles. The summed E-state index contributed by atoms with van der Waals surface area (Å²) < 4.78 is 37.9. The molecule has 0 saturated heterocycles. The van der Waals surface area contributed by atoms with Crippen LogP contribution in [0.4, 0.5) is 13.2 Å². The third kappa shape index (κ3) is 1.98. The minimum atomic E-state index is -1.60. The molecule has 4 heteroatoms. The lowest BCUT2D eigenvalue weighted by atomic mass is 10.2. The van der Waals surface area contributed by atoms with E-state index in [0.29, 0.717) is 12.2 Å². The minimum absolute atomic E-state index is 0.00796. The van der Waals surface area contributed by atoms with Crippen molar-refractivity contribution < 1.29 is 13.2 Å². The summed E-state index contributed by atoms with van der Waals surface area (Å²) in [5, 5.41) is 0. The fourth-order valence-electron chi connectivity index (χ4n) is 0.899. The molecule has 0 radical (unpaired) electrons. The van der Waals surface area contributed by atoms with Crippen LogP contribution in [-0.4, -0.2) is 12.7 Å². The largest absolute Gasteiger partial charge is 0.326 e. The number of hydrogen-bond acceptors (Lipinski definition) is 1. The Kier molecular flexibility index (Phi) is 2.70. The van der Waals surface area contributed by atoms with E-state index in [0.717, 1.165) is 6.08 Å². The molecule has 0 unspecified atom stereocenters. The molecule has 0 aromatic rings. The van der Waals surface area contributed by atoms with Gasteiger partial charge in [-0.15, -0.1) is 0 Å². The van der Waals surface area contributed by atoms with Gasteiger partial charge in [0.2, 0.25) is 0 Å². The van der Waals surface area contributed by atoms with Crippen LogP contribution in [0.15, 0.2) is 35.5 Å². The lowest BCUT2D eigenvalue weighted by Gasteiger charge is -1.98. The van der Waals surface area contributed by atoms with Crippen LogP contribution in [0, 0.1) is 0 Å². The fourth-order valence-corrected chi connectivity index (χ4v) is 0.899. The van der Waals surface area contributed by atoms with E-state index in [1.807, 2.05) is 0 Å². The molecule has 0 amide bonds. The molecule has 0 bridgehead atoms. The maximum Gasteiger partial charge on any atom is 0.140 e. The Hall–Kier alpha value is -1.03. The number of rotatable bonds is 1. The number of alkyl halides is 1. The van der Waals surface area contributed by atoms with Crippen molar-refractivity contribution in [1.29, 1.82) is 0 Å². The van der Waals surface area contributed by atoms with E-state index >= 15 is 0 Å². The Morgan fingerprint density at radius 1 is 1.33 bits per heavy atom. The number of hydrogen-bond donors (Lipinski definition) is 1. The maximum absolute atomic E-state index is 12.8. The van der Waals surface area contributed by atoms with Crippen LogP contribution < -0.4 is 5.73 Å². The number of allylic oxidation sites excluding steroid dienone is 4. The van der Waals surface area contributed by atoms with Crippen molar-refractivity contribution in [1.82, 2.24) is 0 Å². The van der Waals surface area contributed by atoms with Crippen molar-refractivity contribution >= 4 is 0 Å². The van der Waals surface area contributed by atoms with Gasteiger partial charge in [-0.25, -0.2) is 13.2 Å². The Balaban J connectivity index is 2.99. The van der Waals surface area contributed by atoms with Gasteiger partial charge >= 0.3 is 0 Å². The van der Waals surface area contributed by atoms with Crippen LogP contribution in [0.5, 0.6) is 0 Å². The lowest BCUT2D eigenvalue weighted by Crippen LogP contribution is -2.05. The highest BCUT2D eigenvalue weighted by Crippen LogP contribution is 2.20. The first-order chi connectivity index (χ1) is 5.63. The molecule has 0 spiro atoms. The summed E-state index contributed by atoms with van der Waals surface area (Å²) in [7, 11) is 0. The molecular weight excluding hydrogens is 167 g/mol. The molecule has 0 aromatic carbocycles. The molecule has 0 heterocycles. The summed E-state index contributed by atoms with van der Waals surface area (Å²) >= 11 is 0. The predicted octanol–water partition coefficient (Wildman–Crippen LogP) is 1.93. The van der Waals surface area contributed by atoms with Crippen molar-refractivity contribution in [3.8, 4) is 0 Å². The maximum atomic E-state index is 12.8. The average molecular weight is 175 g/mol. The first-order valence-electron chi connectivity index (χ1n) is 3.43. The Labute approximate surface area is 68.1 Å². The number of nitrogens with two attached hydrogens (primary N) is 1. The van der Waals surface area contributed by atoms with E-state index in [1.165, 1.54) is 0 Å². The van der Waals surface area contributed by atoms with Crippen molar-refractivity contribution in [2.24, 2.45) is 5.73 Å². The smallest absolute Gasteiger partial charge is 0.140 e. The summed E-state index contributed by atoms with van der Waals surface area (Å²) in [5.41, 5.74) is 5.10. The van der Waals surface area contributed by atoms with Gasteiger partial charge < -0.3 is 5.73 Å². The highest BCUT2D eigenvalue weighted by atomic mass is 19.1. The molecule has 66 valence electrons. The van der Waals surface area contributed by atoms with Crippen LogP contribution >= 0.6 is 0 Å². The Morgan fingerprint density at radius 2 is 2.00 bits per heavy atom. The Morgan fingerprint density at radius 3 is 2.58 bits per heavy atom. The molecular formula is C8H8F3N. The summed E-state index contributed by atoms with van der Waals surface area (Å²) in [4.78, 5) is 0. The second-order valence-corrected chi connectivity index (χ2v) is 2.38. The van der Waals surface area contributed by atoms with Gasteiger partial charge in [0.1, 0.15) is 17.8 Å². The minimum Gasteiger partial charge on any atom is -0.326 e. The molecule has 0 aliphatic heterocycles. The van der Waals surface area contributed by atoms with Crippen LogP contribution in [0.25, 0.3) is 0 Å². The van der Waals surface area contributed by atoms with Gasteiger partial charge in [-0.1, -0.05) is 0 Å². The molecule has 0 fully saturated rings. The van der Waals surface area contributed by atoms with E-state index in [4.69, 9.17) is 5.73 Å². The van der Waals surface area contributed by atoms with E-state index in [9.17, 15) is 13.2 Å². The molecule has 1 atom stereocenters. The van der Waals surface area contributed by atoms with Crippen LogP contribution in [0.3, 0.4) is 0 Å². The quantitative estimate of drug-likeness (QED) is 0.647. The zero-order valence-electron chi connectivity index (χ0n) is 6.23. The van der Waals surface area contributed by atoms with Gasteiger partial charge in [0, 0.05) is 18.2 Å². The van der Waals surface area contributed by atoms with Gasteiger partial charge in [-0.2, -0.15) is 0 Å². The molecule has 2 N–H and O–H groups in total. The molecule has 12 heavy (non-hydrogen) atoms. The van der Waals surface area contributed by atoms with Gasteiger partial charge in [-0.3, -0.25) is 0 Å². The monoisotopic (exact) mass is 175 g/mol. The second-order valence-electron chi connectivity index (χ2n) is 2.38. The Bertz CT molecular complexity index is 265. The average Bonchev–Trinajstić information content (AvgIpc) is 2.09. The van der Waals surface area contributed by atoms with Crippen molar-refractivity contribution in [2.45, 2.75) is 6.17 Å². The summed E-state index contributed by atoms with van der Waals surface area (Å²) in [6.45, 7) is -0.135. The molecule has 0 saturated carbocycles. The summed E-state index contributed by atoms with van der Waals surface area (Å²) in [5.74, 6) is -1.73. The van der Waals surface area contributed by atoms with Crippen LogP contribution in [0.2, 0.25) is 0 Å². The summed E-state index contributed by atoms with van der Waals surface area (Å²) in [6.07, 6.45) is 0.659. The van der Waals surface area contributed by atoms with Crippen LogP contribution in [-0.2, 0) is 0 Å². The molecule has 0 aromatic heterocycles. The van der Waals surface area contributed by atoms with Crippen molar-refractivity contribution in [3.05, 3.63) is 35.5 Å². The van der Waals surface area contributed by atoms with E-state index in [-0.39, 0.29) is 12.1 Å². The van der Waals surface area contributed by atoms with Crippen molar-refractivity contribution in [2.75, 3.05) is 6.54 Å². The van der Waals surface area contributed by atoms with E-state index in [1.54, 1.807) is 0 Å². The standard InChI is InChI=1S/C8H8F3N/c9-6-1-5(4-12)8(11)3-7(10)2-6/h1-3,6H,4,12H2/t6-/m0/s1. The van der Waals surface area contributed by atoms with Gasteiger partial charge in [0.15, 0.2) is 0 Å². The predicted molar refractivity (Wildman–Crippen MR) is 40.4 cm³/mol. The third-order valence-electron chi connectivity index (χ3n) is 1.47. The third-order valence-corrected chi connectivity index (χ3v) is 1.47. The van der Waals surface area contributed by atoms with Crippen molar-refractivity contribution in [3.63, 3.8) is 0 Å². The molecule has 1 rings (SSSR count). The summed E-state index contributed by atoms with van der Waals surface area (Å²) in [6, 6.07) is 0. The van der Waals surface area contributed by atoms with E-state index < -0.39 is 17.8 Å². The van der Waals surface area contributed by atoms with Gasteiger partial charge in [-0.05, 0) is 12.2 Å². The first-order valence-corrected chi connectivity index (χ1v) is 3.43. The first kappa shape index (κ1) is 9.06. The SMILES string of the molecule is NCC1=C[C@H](F)C=C(F)C=C1F. The molecule has 1 aliphatic rings. The highest BCUT2D eigenvalue weighted by Gasteiger charge is 2.12. The zero-order chi connectivity index (χ0) is 9.14.